The summed E-state index contributed by atoms with van der Waals surface area (Å²) >= 11 is 7.15. The molecule has 0 unspecified atom stereocenters. The Morgan fingerprint density at radius 1 is 1.25 bits per heavy atom. The van der Waals surface area contributed by atoms with Crippen LogP contribution in [0.25, 0.3) is 6.08 Å². The van der Waals surface area contributed by atoms with Crippen LogP contribution >= 0.6 is 23.4 Å². The minimum absolute atomic E-state index is 0.0494. The first-order valence-corrected chi connectivity index (χ1v) is 9.46. The van der Waals surface area contributed by atoms with Crippen molar-refractivity contribution in [1.82, 2.24) is 4.90 Å². The monoisotopic (exact) mass is 413 g/mol. The molecule has 0 atom stereocenters. The highest BCUT2D eigenvalue weighted by atomic mass is 35.5. The molecule has 0 bridgehead atoms. The Bertz CT molecular complexity index is 982. The Hall–Kier alpha value is -2.88. The third kappa shape index (κ3) is 4.33. The lowest BCUT2D eigenvalue weighted by Crippen LogP contribution is -2.27. The highest BCUT2D eigenvalue weighted by Gasteiger charge is 2.35. The van der Waals surface area contributed by atoms with Gasteiger partial charge in [0.25, 0.3) is 11.1 Å². The van der Waals surface area contributed by atoms with Crippen molar-refractivity contribution in [3.05, 3.63) is 63.5 Å². The first kappa shape index (κ1) is 19.9. The van der Waals surface area contributed by atoms with Gasteiger partial charge in [-0.2, -0.15) is 0 Å². The van der Waals surface area contributed by atoms with E-state index < -0.39 is 0 Å². The molecule has 1 fully saturated rings. The lowest BCUT2D eigenvalue weighted by molar-refractivity contribution is -0.123. The number of benzene rings is 2. The first-order chi connectivity index (χ1) is 13.5. The van der Waals surface area contributed by atoms with Gasteiger partial charge in [0.2, 0.25) is 0 Å². The fourth-order valence-corrected chi connectivity index (χ4v) is 3.74. The van der Waals surface area contributed by atoms with E-state index >= 15 is 0 Å². The average Bonchev–Trinajstić information content (AvgIpc) is 2.95. The van der Waals surface area contributed by atoms with Gasteiger partial charge in [0.1, 0.15) is 6.61 Å². The molecule has 7 heteroatoms. The minimum Gasteiger partial charge on any atom is -0.493 e. The first-order valence-electron chi connectivity index (χ1n) is 8.26. The van der Waals surface area contributed by atoms with E-state index in [1.54, 1.807) is 18.2 Å². The predicted octanol–water partition coefficient (Wildman–Crippen LogP) is 4.60. The molecule has 3 rings (SSSR count). The largest absolute Gasteiger partial charge is 0.493 e. The third-order valence-electron chi connectivity index (χ3n) is 3.91. The smallest absolute Gasteiger partial charge is 0.293 e. The Balaban J connectivity index is 1.85. The van der Waals surface area contributed by atoms with Crippen LogP contribution in [0, 0.1) is 12.3 Å². The highest BCUT2D eigenvalue weighted by molar-refractivity contribution is 8.18. The third-order valence-corrected chi connectivity index (χ3v) is 5.09. The van der Waals surface area contributed by atoms with Gasteiger partial charge in [-0.25, -0.2) is 0 Å². The summed E-state index contributed by atoms with van der Waals surface area (Å²) in [7, 11) is 1.48. The number of rotatable bonds is 6. The zero-order valence-corrected chi connectivity index (χ0v) is 16.5. The Morgan fingerprint density at radius 3 is 2.68 bits per heavy atom. The van der Waals surface area contributed by atoms with Crippen LogP contribution in [-0.4, -0.2) is 29.8 Å². The number of nitrogens with zero attached hydrogens (tertiary/aromatic N) is 1. The van der Waals surface area contributed by atoms with Crippen LogP contribution in [0.15, 0.2) is 47.4 Å². The van der Waals surface area contributed by atoms with Crippen LogP contribution in [0.3, 0.4) is 0 Å². The molecule has 1 aliphatic rings. The zero-order chi connectivity index (χ0) is 20.1. The number of thioether (sulfide) groups is 1. The fourth-order valence-electron chi connectivity index (χ4n) is 2.63. The Morgan fingerprint density at radius 2 is 2.00 bits per heavy atom. The number of halogens is 1. The molecule has 1 heterocycles. The van der Waals surface area contributed by atoms with Gasteiger partial charge >= 0.3 is 0 Å². The molecule has 1 saturated heterocycles. The van der Waals surface area contributed by atoms with Crippen molar-refractivity contribution in [1.29, 1.82) is 0 Å². The summed E-state index contributed by atoms with van der Waals surface area (Å²) in [5.74, 6) is 2.74. The van der Waals surface area contributed by atoms with Gasteiger partial charge < -0.3 is 9.47 Å². The van der Waals surface area contributed by atoms with Gasteiger partial charge in [0.15, 0.2) is 11.5 Å². The van der Waals surface area contributed by atoms with Crippen LogP contribution in [0.5, 0.6) is 11.5 Å². The second-order valence-corrected chi connectivity index (χ2v) is 7.18. The lowest BCUT2D eigenvalue weighted by atomic mass is 10.1. The highest BCUT2D eigenvalue weighted by Crippen LogP contribution is 2.39. The SMILES string of the molecule is C#CCOc1c(Cl)cc(/C=C2/SC(=O)N(Cc3ccccc3)C2=O)cc1OC. The summed E-state index contributed by atoms with van der Waals surface area (Å²) in [5, 5.41) is -0.0171. The van der Waals surface area contributed by atoms with Crippen molar-refractivity contribution in [3.63, 3.8) is 0 Å². The molecule has 0 aliphatic carbocycles. The molecule has 0 N–H and O–H groups in total. The predicted molar refractivity (Wildman–Crippen MR) is 110 cm³/mol. The van der Waals surface area contributed by atoms with Crippen LogP contribution in [-0.2, 0) is 11.3 Å². The van der Waals surface area contributed by atoms with Gasteiger partial charge in [0, 0.05) is 0 Å². The van der Waals surface area contributed by atoms with Crippen molar-refractivity contribution in [2.45, 2.75) is 6.54 Å². The van der Waals surface area contributed by atoms with E-state index in [9.17, 15) is 9.59 Å². The van der Waals surface area contributed by atoms with E-state index in [1.807, 2.05) is 30.3 Å². The molecular formula is C21H16ClNO4S. The molecule has 0 aromatic heterocycles. The number of carbonyl (C=O) groups excluding carboxylic acids is 2. The molecule has 1 aliphatic heterocycles. The van der Waals surface area contributed by atoms with E-state index in [-0.39, 0.29) is 24.3 Å². The van der Waals surface area contributed by atoms with E-state index in [0.29, 0.717) is 27.0 Å². The van der Waals surface area contributed by atoms with Gasteiger partial charge in [-0.05, 0) is 41.1 Å². The summed E-state index contributed by atoms with van der Waals surface area (Å²) in [6, 6.07) is 12.6. The van der Waals surface area contributed by atoms with Gasteiger partial charge in [-0.15, -0.1) is 6.42 Å². The summed E-state index contributed by atoms with van der Waals surface area (Å²) in [5.41, 5.74) is 1.49. The summed E-state index contributed by atoms with van der Waals surface area (Å²) in [6.07, 6.45) is 6.81. The standard InChI is InChI=1S/C21H16ClNO4S/c1-3-9-27-19-16(22)10-15(11-17(19)26-2)12-18-20(24)23(21(25)28-18)13-14-7-5-4-6-8-14/h1,4-8,10-12H,9,13H2,2H3/b18-12+. The van der Waals surface area contributed by atoms with Crippen molar-refractivity contribution >= 4 is 40.6 Å². The topological polar surface area (TPSA) is 55.8 Å². The number of imide groups is 1. The second-order valence-electron chi connectivity index (χ2n) is 5.78. The van der Waals surface area contributed by atoms with Crippen molar-refractivity contribution in [2.24, 2.45) is 0 Å². The number of terminal acetylenes is 1. The lowest BCUT2D eigenvalue weighted by Gasteiger charge is -2.12. The van der Waals surface area contributed by atoms with Crippen LogP contribution in [0.4, 0.5) is 4.79 Å². The molecule has 2 aromatic rings. The Labute approximate surface area is 172 Å². The quantitative estimate of drug-likeness (QED) is 0.511. The number of methoxy groups -OCH3 is 1. The molecule has 0 radical (unpaired) electrons. The molecule has 2 amide bonds. The molecular weight excluding hydrogens is 398 g/mol. The molecule has 28 heavy (non-hydrogen) atoms. The molecule has 5 nitrogen and oxygen atoms in total. The second kappa shape index (κ2) is 8.87. The normalized spacial score (nSPS) is 15.0. The maximum Gasteiger partial charge on any atom is 0.293 e. The fraction of sp³-hybridized carbons (Fsp3) is 0.143. The molecule has 2 aromatic carbocycles. The average molecular weight is 414 g/mol. The van der Waals surface area contributed by atoms with E-state index in [4.69, 9.17) is 27.5 Å². The van der Waals surface area contributed by atoms with Crippen LogP contribution in [0.2, 0.25) is 5.02 Å². The van der Waals surface area contributed by atoms with E-state index in [0.717, 1.165) is 17.3 Å². The van der Waals surface area contributed by atoms with Crippen molar-refractivity contribution < 1.29 is 19.1 Å². The van der Waals surface area contributed by atoms with Crippen molar-refractivity contribution in [2.75, 3.05) is 13.7 Å². The van der Waals surface area contributed by atoms with Crippen LogP contribution < -0.4 is 9.47 Å². The van der Waals surface area contributed by atoms with Crippen LogP contribution in [0.1, 0.15) is 11.1 Å². The maximum atomic E-state index is 12.7. The van der Waals surface area contributed by atoms with Gasteiger partial charge in [-0.1, -0.05) is 47.9 Å². The maximum absolute atomic E-state index is 12.7. The Kier molecular flexibility index (Phi) is 6.30. The molecule has 0 saturated carbocycles. The zero-order valence-electron chi connectivity index (χ0n) is 15.0. The van der Waals surface area contributed by atoms with E-state index in [1.165, 1.54) is 12.0 Å². The molecule has 0 spiro atoms. The number of hydrogen-bond acceptors (Lipinski definition) is 5. The van der Waals surface area contributed by atoms with Gasteiger partial charge in [0.05, 0.1) is 23.6 Å². The van der Waals surface area contributed by atoms with E-state index in [2.05, 4.69) is 5.92 Å². The summed E-state index contributed by atoms with van der Waals surface area (Å²) in [6.45, 7) is 0.277. The number of ether oxygens (including phenoxy) is 2. The van der Waals surface area contributed by atoms with Crippen molar-refractivity contribution in [3.8, 4) is 23.8 Å². The summed E-state index contributed by atoms with van der Waals surface area (Å²) in [4.78, 5) is 26.5. The number of amides is 2. The number of hydrogen-bond donors (Lipinski definition) is 0. The minimum atomic E-state index is -0.346. The molecule has 142 valence electrons. The summed E-state index contributed by atoms with van der Waals surface area (Å²) < 4.78 is 10.7. The van der Waals surface area contributed by atoms with Gasteiger partial charge in [-0.3, -0.25) is 14.5 Å². The number of carbonyl (C=O) groups is 2.